The van der Waals surface area contributed by atoms with E-state index in [-0.39, 0.29) is 12.6 Å². The quantitative estimate of drug-likeness (QED) is 0.554. The summed E-state index contributed by atoms with van der Waals surface area (Å²) in [4.78, 5) is 14.4. The first-order chi connectivity index (χ1) is 14.7. The van der Waals surface area contributed by atoms with Crippen LogP contribution in [-0.4, -0.2) is 58.9 Å². The van der Waals surface area contributed by atoms with Gasteiger partial charge in [-0.15, -0.1) is 0 Å². The Morgan fingerprint density at radius 2 is 1.87 bits per heavy atom. The van der Waals surface area contributed by atoms with Gasteiger partial charge in [-0.2, -0.15) is 0 Å². The van der Waals surface area contributed by atoms with Crippen molar-refractivity contribution in [3.63, 3.8) is 0 Å². The van der Waals surface area contributed by atoms with Crippen molar-refractivity contribution in [1.29, 1.82) is 0 Å². The Morgan fingerprint density at radius 1 is 1.19 bits per heavy atom. The number of nitrogens with zero attached hydrogens (tertiary/aromatic N) is 1. The predicted molar refractivity (Wildman–Crippen MR) is 122 cm³/mol. The normalized spacial score (nSPS) is 18.2. The molecule has 0 bridgehead atoms. The molecule has 0 unspecified atom stereocenters. The van der Waals surface area contributed by atoms with Crippen LogP contribution in [-0.2, 0) is 4.79 Å². The molecule has 0 radical (unpaired) electrons. The molecular formula is C23H28Cl2N2O4. The fraction of sp³-hybridized carbons (Fsp3) is 0.435. The molecule has 1 fully saturated rings. The number of nitrogens with one attached hydrogen (secondary N) is 1. The zero-order valence-electron chi connectivity index (χ0n) is 17.4. The molecule has 168 valence electrons. The van der Waals surface area contributed by atoms with E-state index in [9.17, 15) is 15.0 Å². The van der Waals surface area contributed by atoms with Crippen LogP contribution in [0.25, 0.3) is 0 Å². The summed E-state index contributed by atoms with van der Waals surface area (Å²) in [6, 6.07) is 13.9. The molecule has 2 aromatic carbocycles. The number of halogens is 2. The van der Waals surface area contributed by atoms with Gasteiger partial charge in [-0.1, -0.05) is 53.5 Å². The molecule has 6 nitrogen and oxygen atoms in total. The second-order valence-electron chi connectivity index (χ2n) is 8.20. The first kappa shape index (κ1) is 23.8. The SMILES string of the molecule is C[C@](O)(CNC(=O)[C@@H](O)c1ccccc1)CN1CCC(Oc2ccc(Cl)c(Cl)c2)CC1. The van der Waals surface area contributed by atoms with E-state index in [0.717, 1.165) is 25.9 Å². The van der Waals surface area contributed by atoms with Crippen LogP contribution < -0.4 is 10.1 Å². The third-order valence-electron chi connectivity index (χ3n) is 5.30. The monoisotopic (exact) mass is 466 g/mol. The van der Waals surface area contributed by atoms with E-state index >= 15 is 0 Å². The van der Waals surface area contributed by atoms with Crippen LogP contribution in [0.1, 0.15) is 31.4 Å². The number of piperidine rings is 1. The van der Waals surface area contributed by atoms with Crippen LogP contribution in [0.3, 0.4) is 0 Å². The van der Waals surface area contributed by atoms with Gasteiger partial charge in [0.05, 0.1) is 15.6 Å². The number of β-amino-alcohol motifs (C(OH)–C–C–N with tert-alkyl or cyclic N) is 1. The summed E-state index contributed by atoms with van der Waals surface area (Å²) in [5, 5.41) is 24.5. The smallest absolute Gasteiger partial charge is 0.253 e. The first-order valence-corrected chi connectivity index (χ1v) is 11.1. The van der Waals surface area contributed by atoms with E-state index in [2.05, 4.69) is 10.2 Å². The van der Waals surface area contributed by atoms with E-state index in [1.165, 1.54) is 0 Å². The van der Waals surface area contributed by atoms with Crippen molar-refractivity contribution in [2.24, 2.45) is 0 Å². The molecule has 1 aliphatic heterocycles. The highest BCUT2D eigenvalue weighted by Crippen LogP contribution is 2.28. The topological polar surface area (TPSA) is 82.0 Å². The Morgan fingerprint density at radius 3 is 2.52 bits per heavy atom. The Hall–Kier alpha value is -1.83. The number of likely N-dealkylation sites (tertiary alicyclic amines) is 1. The Balaban J connectivity index is 1.42. The van der Waals surface area contributed by atoms with E-state index in [1.54, 1.807) is 49.4 Å². The fourth-order valence-electron chi connectivity index (χ4n) is 3.63. The maximum atomic E-state index is 12.2. The van der Waals surface area contributed by atoms with Crippen molar-refractivity contribution in [3.8, 4) is 5.75 Å². The van der Waals surface area contributed by atoms with Crippen LogP contribution in [0.15, 0.2) is 48.5 Å². The zero-order chi connectivity index (χ0) is 22.4. The van der Waals surface area contributed by atoms with Crippen molar-refractivity contribution < 1.29 is 19.7 Å². The number of aliphatic hydroxyl groups excluding tert-OH is 1. The Kier molecular flexibility index (Phi) is 8.19. The summed E-state index contributed by atoms with van der Waals surface area (Å²) in [5.41, 5.74) is -0.604. The molecule has 3 rings (SSSR count). The van der Waals surface area contributed by atoms with E-state index < -0.39 is 17.6 Å². The zero-order valence-corrected chi connectivity index (χ0v) is 18.9. The number of aliphatic hydroxyl groups is 2. The van der Waals surface area contributed by atoms with Gasteiger partial charge in [-0.25, -0.2) is 0 Å². The highest BCUT2D eigenvalue weighted by molar-refractivity contribution is 6.42. The van der Waals surface area contributed by atoms with E-state index in [0.29, 0.717) is 27.9 Å². The van der Waals surface area contributed by atoms with Crippen molar-refractivity contribution >= 4 is 29.1 Å². The average molecular weight is 467 g/mol. The van der Waals surface area contributed by atoms with Crippen LogP contribution in [0, 0.1) is 0 Å². The maximum Gasteiger partial charge on any atom is 0.253 e. The lowest BCUT2D eigenvalue weighted by Crippen LogP contribution is -2.51. The number of rotatable bonds is 8. The lowest BCUT2D eigenvalue weighted by molar-refractivity contribution is -0.131. The molecule has 0 spiro atoms. The molecule has 3 N–H and O–H groups in total. The van der Waals surface area contributed by atoms with Gasteiger partial charge in [0.2, 0.25) is 0 Å². The number of amides is 1. The minimum atomic E-state index is -1.26. The largest absolute Gasteiger partial charge is 0.490 e. The molecule has 1 amide bonds. The fourth-order valence-corrected chi connectivity index (χ4v) is 3.91. The highest BCUT2D eigenvalue weighted by atomic mass is 35.5. The van der Waals surface area contributed by atoms with Crippen molar-refractivity contribution in [2.75, 3.05) is 26.2 Å². The second-order valence-corrected chi connectivity index (χ2v) is 9.01. The number of benzene rings is 2. The number of carbonyl (C=O) groups is 1. The summed E-state index contributed by atoms with van der Waals surface area (Å²) < 4.78 is 6.00. The summed E-state index contributed by atoms with van der Waals surface area (Å²) in [7, 11) is 0. The molecule has 1 heterocycles. The molecular weight excluding hydrogens is 439 g/mol. The number of carbonyl (C=O) groups excluding carboxylic acids is 1. The lowest BCUT2D eigenvalue weighted by atomic mass is 10.0. The third kappa shape index (κ3) is 7.09. The molecule has 2 atom stereocenters. The van der Waals surface area contributed by atoms with Crippen molar-refractivity contribution in [1.82, 2.24) is 10.2 Å². The minimum Gasteiger partial charge on any atom is -0.490 e. The second kappa shape index (κ2) is 10.7. The number of hydrogen-bond donors (Lipinski definition) is 3. The van der Waals surface area contributed by atoms with Crippen LogP contribution in [0.5, 0.6) is 5.75 Å². The summed E-state index contributed by atoms with van der Waals surface area (Å²) in [5.74, 6) is 0.166. The highest BCUT2D eigenvalue weighted by Gasteiger charge is 2.29. The third-order valence-corrected chi connectivity index (χ3v) is 6.04. The molecule has 0 aliphatic carbocycles. The standard InChI is InChI=1S/C23H28Cl2N2O4/c1-23(30,14-26-22(29)21(28)16-5-3-2-4-6-16)15-27-11-9-17(10-12-27)31-18-7-8-19(24)20(25)13-18/h2-8,13,17,21,28,30H,9-12,14-15H2,1H3,(H,26,29)/t21-,23-/m0/s1. The molecule has 2 aromatic rings. The molecule has 8 heteroatoms. The van der Waals surface area contributed by atoms with Gasteiger partial charge >= 0.3 is 0 Å². The lowest BCUT2D eigenvalue weighted by Gasteiger charge is -2.36. The molecule has 1 aliphatic rings. The van der Waals surface area contributed by atoms with Gasteiger partial charge in [-0.3, -0.25) is 4.79 Å². The number of hydrogen-bond acceptors (Lipinski definition) is 5. The summed E-state index contributed by atoms with van der Waals surface area (Å²) in [6.45, 7) is 3.68. The number of ether oxygens (including phenoxy) is 1. The van der Waals surface area contributed by atoms with Gasteiger partial charge in [0.1, 0.15) is 11.9 Å². The molecule has 31 heavy (non-hydrogen) atoms. The van der Waals surface area contributed by atoms with Crippen molar-refractivity contribution in [3.05, 3.63) is 64.1 Å². The molecule has 1 saturated heterocycles. The van der Waals surface area contributed by atoms with Gasteiger partial charge in [-0.05, 0) is 37.5 Å². The molecule has 0 aromatic heterocycles. The predicted octanol–water partition coefficient (Wildman–Crippen LogP) is 3.44. The van der Waals surface area contributed by atoms with Crippen LogP contribution in [0.4, 0.5) is 0 Å². The van der Waals surface area contributed by atoms with E-state index in [1.807, 2.05) is 6.07 Å². The van der Waals surface area contributed by atoms with Gasteiger partial charge in [0.15, 0.2) is 6.10 Å². The van der Waals surface area contributed by atoms with Crippen LogP contribution in [0.2, 0.25) is 10.0 Å². The first-order valence-electron chi connectivity index (χ1n) is 10.3. The Bertz CT molecular complexity index is 871. The van der Waals surface area contributed by atoms with Crippen molar-refractivity contribution in [2.45, 2.75) is 37.6 Å². The summed E-state index contributed by atoms with van der Waals surface area (Å²) >= 11 is 12.0. The summed E-state index contributed by atoms with van der Waals surface area (Å²) in [6.07, 6.45) is 0.440. The minimum absolute atomic E-state index is 0.0510. The van der Waals surface area contributed by atoms with Gasteiger partial charge in [0.25, 0.3) is 5.91 Å². The molecule has 0 saturated carbocycles. The van der Waals surface area contributed by atoms with Crippen LogP contribution >= 0.6 is 23.2 Å². The van der Waals surface area contributed by atoms with Gasteiger partial charge < -0.3 is 25.2 Å². The Labute approximate surface area is 192 Å². The van der Waals surface area contributed by atoms with Gasteiger partial charge in [0, 0.05) is 32.2 Å². The van der Waals surface area contributed by atoms with E-state index in [4.69, 9.17) is 27.9 Å². The average Bonchev–Trinajstić information content (AvgIpc) is 2.76. The maximum absolute atomic E-state index is 12.2.